The predicted molar refractivity (Wildman–Crippen MR) is 71.2 cm³/mol. The van der Waals surface area contributed by atoms with E-state index in [1.165, 1.54) is 26.5 Å². The maximum Gasteiger partial charge on any atom is 0.275 e. The number of nitrogens with one attached hydrogen (secondary N) is 2. The summed E-state index contributed by atoms with van der Waals surface area (Å²) in [6, 6.07) is 3.04. The summed E-state index contributed by atoms with van der Waals surface area (Å²) in [4.78, 5) is 4.03. The van der Waals surface area contributed by atoms with Crippen LogP contribution in [0.15, 0.2) is 28.0 Å². The molecular weight excluding hydrogens is 282 g/mol. The molecular formula is C11H17N5O3S. The van der Waals surface area contributed by atoms with E-state index in [4.69, 9.17) is 4.42 Å². The Balaban J connectivity index is 2.00. The standard InChI is InChI=1S/C11H17N5O3S/c1-8(11-13-7-14-15-11)12-6-9-4-5-10(19-9)20(17,18)16(2)3/h4-5,7-8,12H,6H2,1-3H3,(H,13,14,15). The summed E-state index contributed by atoms with van der Waals surface area (Å²) in [7, 11) is -0.607. The quantitative estimate of drug-likeness (QED) is 0.805. The molecule has 0 saturated heterocycles. The van der Waals surface area contributed by atoms with Crippen LogP contribution in [0.4, 0.5) is 0 Å². The summed E-state index contributed by atoms with van der Waals surface area (Å²) in [5.74, 6) is 1.24. The van der Waals surface area contributed by atoms with Crippen LogP contribution in [0.1, 0.15) is 24.6 Å². The Morgan fingerprint density at radius 2 is 2.20 bits per heavy atom. The molecule has 1 atom stereocenters. The summed E-state index contributed by atoms with van der Waals surface area (Å²) in [5.41, 5.74) is 0. The highest BCUT2D eigenvalue weighted by Gasteiger charge is 2.21. The molecule has 0 radical (unpaired) electrons. The highest BCUT2D eigenvalue weighted by molar-refractivity contribution is 7.88. The van der Waals surface area contributed by atoms with E-state index in [0.29, 0.717) is 18.1 Å². The third-order valence-electron chi connectivity index (χ3n) is 2.80. The summed E-state index contributed by atoms with van der Waals surface area (Å²) in [6.07, 6.45) is 1.43. The molecule has 110 valence electrons. The van der Waals surface area contributed by atoms with E-state index >= 15 is 0 Å². The van der Waals surface area contributed by atoms with Crippen LogP contribution in [-0.4, -0.2) is 42.0 Å². The van der Waals surface area contributed by atoms with E-state index in [1.807, 2.05) is 6.92 Å². The van der Waals surface area contributed by atoms with Gasteiger partial charge in [0.2, 0.25) is 5.09 Å². The van der Waals surface area contributed by atoms with E-state index in [-0.39, 0.29) is 11.1 Å². The number of hydrogen-bond acceptors (Lipinski definition) is 6. The van der Waals surface area contributed by atoms with Gasteiger partial charge in [-0.2, -0.15) is 5.10 Å². The van der Waals surface area contributed by atoms with Crippen molar-refractivity contribution < 1.29 is 12.8 Å². The normalized spacial score (nSPS) is 13.8. The van der Waals surface area contributed by atoms with Gasteiger partial charge in [0.1, 0.15) is 17.9 Å². The highest BCUT2D eigenvalue weighted by Crippen LogP contribution is 2.17. The van der Waals surface area contributed by atoms with E-state index in [0.717, 1.165) is 4.31 Å². The molecule has 9 heteroatoms. The molecule has 20 heavy (non-hydrogen) atoms. The molecule has 1 unspecified atom stereocenters. The monoisotopic (exact) mass is 299 g/mol. The molecule has 8 nitrogen and oxygen atoms in total. The lowest BCUT2D eigenvalue weighted by atomic mass is 10.3. The van der Waals surface area contributed by atoms with Crippen molar-refractivity contribution in [3.8, 4) is 0 Å². The van der Waals surface area contributed by atoms with Gasteiger partial charge in [-0.1, -0.05) is 0 Å². The van der Waals surface area contributed by atoms with Gasteiger partial charge in [0.05, 0.1) is 12.6 Å². The molecule has 2 aromatic heterocycles. The Labute approximate surface area is 117 Å². The topological polar surface area (TPSA) is 104 Å². The Morgan fingerprint density at radius 1 is 1.45 bits per heavy atom. The van der Waals surface area contributed by atoms with Crippen LogP contribution in [-0.2, 0) is 16.6 Å². The second-order valence-electron chi connectivity index (χ2n) is 4.48. The average Bonchev–Trinajstić information content (AvgIpc) is 3.07. The summed E-state index contributed by atoms with van der Waals surface area (Å²) >= 11 is 0. The average molecular weight is 299 g/mol. The minimum Gasteiger partial charge on any atom is -0.447 e. The number of hydrogen-bond donors (Lipinski definition) is 2. The van der Waals surface area contributed by atoms with Gasteiger partial charge < -0.3 is 9.73 Å². The van der Waals surface area contributed by atoms with E-state index in [2.05, 4.69) is 20.5 Å². The molecule has 0 amide bonds. The zero-order valence-corrected chi connectivity index (χ0v) is 12.3. The van der Waals surface area contributed by atoms with Crippen LogP contribution in [0.2, 0.25) is 0 Å². The lowest BCUT2D eigenvalue weighted by Gasteiger charge is -2.10. The van der Waals surface area contributed by atoms with Crippen molar-refractivity contribution in [1.29, 1.82) is 0 Å². The summed E-state index contributed by atoms with van der Waals surface area (Å²) in [6.45, 7) is 2.31. The van der Waals surface area contributed by atoms with Gasteiger partial charge in [-0.3, -0.25) is 5.10 Å². The van der Waals surface area contributed by atoms with Gasteiger partial charge in [0, 0.05) is 14.1 Å². The highest BCUT2D eigenvalue weighted by atomic mass is 32.2. The molecule has 0 saturated carbocycles. The maximum atomic E-state index is 11.9. The fraction of sp³-hybridized carbons (Fsp3) is 0.455. The molecule has 2 rings (SSSR count). The number of H-pyrrole nitrogens is 1. The molecule has 0 aromatic carbocycles. The smallest absolute Gasteiger partial charge is 0.275 e. The molecule has 2 heterocycles. The summed E-state index contributed by atoms with van der Waals surface area (Å²) < 4.78 is 30.2. The van der Waals surface area contributed by atoms with Crippen LogP contribution in [0, 0.1) is 0 Å². The van der Waals surface area contributed by atoms with E-state index < -0.39 is 10.0 Å². The largest absolute Gasteiger partial charge is 0.447 e. The number of sulfonamides is 1. The van der Waals surface area contributed by atoms with Crippen LogP contribution in [0.5, 0.6) is 0 Å². The molecule has 0 spiro atoms. The molecule has 0 fully saturated rings. The van der Waals surface area contributed by atoms with Crippen molar-refractivity contribution in [1.82, 2.24) is 24.8 Å². The van der Waals surface area contributed by atoms with Crippen molar-refractivity contribution in [2.75, 3.05) is 14.1 Å². The van der Waals surface area contributed by atoms with Crippen molar-refractivity contribution in [3.63, 3.8) is 0 Å². The third kappa shape index (κ3) is 3.06. The Bertz CT molecular complexity index is 647. The first-order chi connectivity index (χ1) is 9.41. The minimum atomic E-state index is -3.53. The second-order valence-corrected chi connectivity index (χ2v) is 6.56. The van der Waals surface area contributed by atoms with Gasteiger partial charge in [-0.15, -0.1) is 0 Å². The first-order valence-corrected chi connectivity index (χ1v) is 7.45. The zero-order valence-electron chi connectivity index (χ0n) is 11.5. The Morgan fingerprint density at radius 3 is 2.80 bits per heavy atom. The van der Waals surface area contributed by atoms with Crippen LogP contribution in [0.25, 0.3) is 0 Å². The van der Waals surface area contributed by atoms with Gasteiger partial charge in [0.15, 0.2) is 0 Å². The molecule has 0 aliphatic heterocycles. The molecule has 2 aromatic rings. The van der Waals surface area contributed by atoms with Gasteiger partial charge in [0.25, 0.3) is 10.0 Å². The maximum absolute atomic E-state index is 11.9. The van der Waals surface area contributed by atoms with Gasteiger partial charge in [-0.25, -0.2) is 17.7 Å². The Hall–Kier alpha value is -1.71. The molecule has 2 N–H and O–H groups in total. The van der Waals surface area contributed by atoms with Gasteiger partial charge >= 0.3 is 0 Å². The van der Waals surface area contributed by atoms with Crippen molar-refractivity contribution >= 4 is 10.0 Å². The van der Waals surface area contributed by atoms with Crippen LogP contribution >= 0.6 is 0 Å². The molecule has 0 aliphatic carbocycles. The number of aromatic nitrogens is 3. The first-order valence-electron chi connectivity index (χ1n) is 6.01. The second kappa shape index (κ2) is 5.73. The SMILES string of the molecule is CC(NCc1ccc(S(=O)(=O)N(C)C)o1)c1ncn[nH]1. The van der Waals surface area contributed by atoms with E-state index in [9.17, 15) is 8.42 Å². The summed E-state index contributed by atoms with van der Waals surface area (Å²) in [5, 5.41) is 9.63. The zero-order chi connectivity index (χ0) is 14.8. The molecule has 0 bridgehead atoms. The Kier molecular flexibility index (Phi) is 4.21. The fourth-order valence-electron chi connectivity index (χ4n) is 1.55. The molecule has 0 aliphatic rings. The third-order valence-corrected chi connectivity index (χ3v) is 4.49. The lowest BCUT2D eigenvalue weighted by Crippen LogP contribution is -2.21. The fourth-order valence-corrected chi connectivity index (χ4v) is 2.36. The van der Waals surface area contributed by atoms with Crippen molar-refractivity contribution in [2.45, 2.75) is 24.6 Å². The number of rotatable bonds is 6. The number of aromatic amines is 1. The number of nitrogens with zero attached hydrogens (tertiary/aromatic N) is 3. The van der Waals surface area contributed by atoms with Gasteiger partial charge in [-0.05, 0) is 19.1 Å². The van der Waals surface area contributed by atoms with Crippen molar-refractivity contribution in [2.24, 2.45) is 0 Å². The van der Waals surface area contributed by atoms with E-state index in [1.54, 1.807) is 6.07 Å². The van der Waals surface area contributed by atoms with Crippen LogP contribution in [0.3, 0.4) is 0 Å². The predicted octanol–water partition coefficient (Wildman–Crippen LogP) is 0.499. The lowest BCUT2D eigenvalue weighted by molar-refractivity contribution is 0.380. The van der Waals surface area contributed by atoms with Crippen LogP contribution < -0.4 is 5.32 Å². The minimum absolute atomic E-state index is 0.0449. The number of furan rings is 1. The van der Waals surface area contributed by atoms with Crippen molar-refractivity contribution in [3.05, 3.63) is 30.0 Å². The first kappa shape index (κ1) is 14.7.